The third kappa shape index (κ3) is 3.76. The van der Waals surface area contributed by atoms with E-state index in [9.17, 15) is 9.59 Å². The highest BCUT2D eigenvalue weighted by atomic mass is 16.2. The maximum atomic E-state index is 12.8. The van der Waals surface area contributed by atoms with Crippen molar-refractivity contribution < 1.29 is 4.79 Å². The lowest BCUT2D eigenvalue weighted by Crippen LogP contribution is -2.37. The van der Waals surface area contributed by atoms with Crippen molar-refractivity contribution >= 4 is 27.8 Å². The molecule has 7 heteroatoms. The minimum atomic E-state index is -0.274. The van der Waals surface area contributed by atoms with Crippen molar-refractivity contribution in [2.24, 2.45) is 5.92 Å². The second-order valence-electron chi connectivity index (χ2n) is 7.26. The Hall–Kier alpha value is -3.48. The second kappa shape index (κ2) is 7.87. The van der Waals surface area contributed by atoms with Gasteiger partial charge in [0.15, 0.2) is 0 Å². The number of hydrogen-bond acceptors (Lipinski definition) is 4. The minimum absolute atomic E-state index is 0.0934. The van der Waals surface area contributed by atoms with E-state index >= 15 is 0 Å². The number of carbonyl (C=O) groups is 1. The number of imidazole rings is 1. The fourth-order valence-electron chi connectivity index (χ4n) is 3.43. The zero-order valence-corrected chi connectivity index (χ0v) is 16.4. The van der Waals surface area contributed by atoms with Gasteiger partial charge in [0.05, 0.1) is 34.3 Å². The lowest BCUT2D eigenvalue weighted by Gasteiger charge is -2.22. The number of rotatable bonds is 6. The smallest absolute Gasteiger partial charge is 0.261 e. The van der Waals surface area contributed by atoms with Gasteiger partial charge >= 0.3 is 0 Å². The summed E-state index contributed by atoms with van der Waals surface area (Å²) in [4.78, 5) is 37.7. The Labute approximate surface area is 167 Å². The Morgan fingerprint density at radius 2 is 1.86 bits per heavy atom. The van der Waals surface area contributed by atoms with Crippen LogP contribution < -0.4 is 10.9 Å². The highest BCUT2D eigenvalue weighted by Gasteiger charge is 2.24. The molecule has 4 aromatic rings. The molecule has 2 aromatic heterocycles. The van der Waals surface area contributed by atoms with E-state index < -0.39 is 0 Å². The van der Waals surface area contributed by atoms with Crippen LogP contribution in [0.3, 0.4) is 0 Å². The van der Waals surface area contributed by atoms with Crippen LogP contribution in [-0.4, -0.2) is 25.4 Å². The van der Waals surface area contributed by atoms with E-state index in [4.69, 9.17) is 0 Å². The number of nitrogens with one attached hydrogen (secondary N) is 2. The summed E-state index contributed by atoms with van der Waals surface area (Å²) < 4.78 is 1.34. The fourth-order valence-corrected chi connectivity index (χ4v) is 3.43. The Kier molecular flexibility index (Phi) is 5.12. The summed E-state index contributed by atoms with van der Waals surface area (Å²) in [7, 11) is 0. The molecule has 0 bridgehead atoms. The largest absolute Gasteiger partial charge is 0.344 e. The number of fused-ring (bicyclic) bond motifs is 2. The van der Waals surface area contributed by atoms with Crippen LogP contribution in [0.1, 0.15) is 32.1 Å². The molecule has 0 radical (unpaired) electrons. The molecule has 0 saturated carbocycles. The van der Waals surface area contributed by atoms with Crippen molar-refractivity contribution in [1.29, 1.82) is 0 Å². The first-order valence-electron chi connectivity index (χ1n) is 9.75. The second-order valence-corrected chi connectivity index (χ2v) is 7.26. The number of amides is 1. The first-order valence-corrected chi connectivity index (χ1v) is 9.75. The van der Waals surface area contributed by atoms with E-state index in [2.05, 4.69) is 34.1 Å². The first-order chi connectivity index (χ1) is 14.1. The number of H-pyrrole nitrogens is 1. The average Bonchev–Trinajstić information content (AvgIpc) is 3.17. The quantitative estimate of drug-likeness (QED) is 0.530. The Morgan fingerprint density at radius 3 is 2.62 bits per heavy atom. The van der Waals surface area contributed by atoms with Crippen LogP contribution in [-0.2, 0) is 11.3 Å². The van der Waals surface area contributed by atoms with Gasteiger partial charge in [-0.05, 0) is 30.2 Å². The van der Waals surface area contributed by atoms with Gasteiger partial charge in [-0.15, -0.1) is 0 Å². The average molecular weight is 389 g/mol. The summed E-state index contributed by atoms with van der Waals surface area (Å²) in [6.07, 6.45) is 2.29. The molecule has 0 aliphatic carbocycles. The molecule has 2 aromatic carbocycles. The van der Waals surface area contributed by atoms with Crippen molar-refractivity contribution in [2.45, 2.75) is 32.9 Å². The van der Waals surface area contributed by atoms with Crippen LogP contribution in [0.2, 0.25) is 0 Å². The molecule has 0 spiro atoms. The van der Waals surface area contributed by atoms with Crippen molar-refractivity contribution in [3.63, 3.8) is 0 Å². The lowest BCUT2D eigenvalue weighted by molar-refractivity contribution is -0.122. The Balaban J connectivity index is 1.59. The normalized spacial score (nSPS) is 13.4. The number of aromatic amines is 1. The zero-order valence-electron chi connectivity index (χ0n) is 16.4. The fraction of sp³-hybridized carbons (Fsp3) is 0.273. The standard InChI is InChI=1S/C22H23N5O2/c1-3-14(2)20(21-24-17-10-6-7-11-18(17)25-21)26-19(28)12-27-13-23-16-9-5-4-8-15(16)22(27)29/h4-11,13-14,20H,3,12H2,1-2H3,(H,24,25)(H,26,28)/t14-,20+/m1/s1. The molecule has 0 saturated heterocycles. The van der Waals surface area contributed by atoms with Crippen LogP contribution >= 0.6 is 0 Å². The molecule has 0 unspecified atom stereocenters. The molecular formula is C22H23N5O2. The summed E-state index contributed by atoms with van der Waals surface area (Å²) in [5, 5.41) is 3.55. The Morgan fingerprint density at radius 1 is 1.14 bits per heavy atom. The molecule has 1 amide bonds. The predicted octanol–water partition coefficient (Wildman–Crippen LogP) is 3.18. The van der Waals surface area contributed by atoms with Gasteiger partial charge in [0, 0.05) is 0 Å². The molecule has 2 heterocycles. The summed E-state index contributed by atoms with van der Waals surface area (Å²) >= 11 is 0. The SMILES string of the molecule is CC[C@@H](C)[C@H](NC(=O)Cn1cnc2ccccc2c1=O)c1nc2ccccc2[nH]1. The van der Waals surface area contributed by atoms with Crippen molar-refractivity contribution in [2.75, 3.05) is 0 Å². The van der Waals surface area contributed by atoms with Crippen LogP contribution in [0, 0.1) is 5.92 Å². The van der Waals surface area contributed by atoms with Gasteiger partial charge < -0.3 is 10.3 Å². The molecular weight excluding hydrogens is 366 g/mol. The Bertz CT molecular complexity index is 1190. The predicted molar refractivity (Wildman–Crippen MR) is 112 cm³/mol. The summed E-state index contributed by atoms with van der Waals surface area (Å²) in [6.45, 7) is 4.05. The molecule has 2 N–H and O–H groups in total. The maximum absolute atomic E-state index is 12.8. The lowest BCUT2D eigenvalue weighted by atomic mass is 9.98. The number of benzene rings is 2. The van der Waals surface area contributed by atoms with Gasteiger partial charge in [0.25, 0.3) is 5.56 Å². The molecule has 0 aliphatic heterocycles. The van der Waals surface area contributed by atoms with E-state index in [0.717, 1.165) is 23.3 Å². The van der Waals surface area contributed by atoms with E-state index in [1.165, 1.54) is 10.9 Å². The minimum Gasteiger partial charge on any atom is -0.344 e. The van der Waals surface area contributed by atoms with Gasteiger partial charge in [0.2, 0.25) is 5.91 Å². The number of para-hydroxylation sites is 3. The van der Waals surface area contributed by atoms with E-state index in [1.807, 2.05) is 30.3 Å². The summed E-state index contributed by atoms with van der Waals surface area (Å²) in [6, 6.07) is 14.6. The third-order valence-corrected chi connectivity index (χ3v) is 5.28. The van der Waals surface area contributed by atoms with Crippen LogP contribution in [0.4, 0.5) is 0 Å². The molecule has 7 nitrogen and oxygen atoms in total. The topological polar surface area (TPSA) is 92.7 Å². The summed E-state index contributed by atoms with van der Waals surface area (Å²) in [5.41, 5.74) is 2.18. The highest BCUT2D eigenvalue weighted by molar-refractivity contribution is 5.79. The van der Waals surface area contributed by atoms with Gasteiger partial charge in [0.1, 0.15) is 12.4 Å². The molecule has 0 aliphatic rings. The maximum Gasteiger partial charge on any atom is 0.261 e. The van der Waals surface area contributed by atoms with Crippen LogP contribution in [0.15, 0.2) is 59.7 Å². The van der Waals surface area contributed by atoms with E-state index in [1.54, 1.807) is 18.2 Å². The van der Waals surface area contributed by atoms with Gasteiger partial charge in [-0.25, -0.2) is 9.97 Å². The van der Waals surface area contributed by atoms with E-state index in [-0.39, 0.29) is 30.0 Å². The number of hydrogen-bond donors (Lipinski definition) is 2. The van der Waals surface area contributed by atoms with Gasteiger partial charge in [-0.1, -0.05) is 44.5 Å². The van der Waals surface area contributed by atoms with Gasteiger partial charge in [-0.2, -0.15) is 0 Å². The number of carbonyl (C=O) groups excluding carboxylic acids is 1. The van der Waals surface area contributed by atoms with Crippen LogP contribution in [0.25, 0.3) is 21.9 Å². The molecule has 2 atom stereocenters. The highest BCUT2D eigenvalue weighted by Crippen LogP contribution is 2.24. The van der Waals surface area contributed by atoms with Crippen LogP contribution in [0.5, 0.6) is 0 Å². The summed E-state index contributed by atoms with van der Waals surface area (Å²) in [5.74, 6) is 0.638. The molecule has 4 rings (SSSR count). The zero-order chi connectivity index (χ0) is 20.4. The van der Waals surface area contributed by atoms with E-state index in [0.29, 0.717) is 10.9 Å². The molecule has 148 valence electrons. The van der Waals surface area contributed by atoms with Crippen molar-refractivity contribution in [3.05, 3.63) is 71.0 Å². The van der Waals surface area contributed by atoms with Crippen molar-refractivity contribution in [3.8, 4) is 0 Å². The molecule has 0 fully saturated rings. The number of nitrogens with zero attached hydrogens (tertiary/aromatic N) is 3. The molecule has 29 heavy (non-hydrogen) atoms. The third-order valence-electron chi connectivity index (χ3n) is 5.28. The van der Waals surface area contributed by atoms with Crippen molar-refractivity contribution in [1.82, 2.24) is 24.8 Å². The first kappa shape index (κ1) is 18.9. The van der Waals surface area contributed by atoms with Gasteiger partial charge in [-0.3, -0.25) is 14.2 Å². The number of aromatic nitrogens is 4. The monoisotopic (exact) mass is 389 g/mol.